The minimum Gasteiger partial charge on any atom is -0.457 e. The van der Waals surface area contributed by atoms with Crippen molar-refractivity contribution in [3.05, 3.63) is 0 Å². The lowest BCUT2D eigenvalue weighted by molar-refractivity contribution is -0.184. The second-order valence-electron chi connectivity index (χ2n) is 11.4. The lowest BCUT2D eigenvalue weighted by Crippen LogP contribution is -2.49. The number of hydrogen-bond acceptors (Lipinski definition) is 8. The summed E-state index contributed by atoms with van der Waals surface area (Å²) in [5, 5.41) is 0. The smallest absolute Gasteiger partial charge is 0.312 e. The summed E-state index contributed by atoms with van der Waals surface area (Å²) in [6.45, 7) is 20.0. The highest BCUT2D eigenvalue weighted by atomic mass is 16.6. The van der Waals surface area contributed by atoms with Gasteiger partial charge in [-0.05, 0) is 75.2 Å². The highest BCUT2D eigenvalue weighted by Crippen LogP contribution is 2.41. The van der Waals surface area contributed by atoms with Crippen molar-refractivity contribution in [3.63, 3.8) is 0 Å². The molecule has 0 amide bonds. The monoisotopic (exact) mass is 470 g/mol. The van der Waals surface area contributed by atoms with Gasteiger partial charge in [0.05, 0.1) is 23.7 Å². The molecule has 8 nitrogen and oxygen atoms in total. The van der Waals surface area contributed by atoms with Crippen molar-refractivity contribution in [1.82, 2.24) is 0 Å². The van der Waals surface area contributed by atoms with E-state index in [9.17, 15) is 19.2 Å². The molecule has 0 aliphatic carbocycles. The third-order valence-electron chi connectivity index (χ3n) is 7.07. The van der Waals surface area contributed by atoms with E-state index >= 15 is 0 Å². The number of cyclic esters (lactones) is 2. The number of carbonyl (C=O) groups excluding carboxylic acids is 4. The van der Waals surface area contributed by atoms with E-state index in [0.29, 0.717) is 12.8 Å². The van der Waals surface area contributed by atoms with E-state index < -0.39 is 33.7 Å². The SMILES string of the molecule is CCC(C)(C)C(=O)OC1(C)CC(=O)OC1(C)C.CCC(C)(C)C(=O)OC1CC(=O)OC1(C)C. The molecular formula is C25H42O8. The predicted molar refractivity (Wildman–Crippen MR) is 122 cm³/mol. The topological polar surface area (TPSA) is 105 Å². The summed E-state index contributed by atoms with van der Waals surface area (Å²) >= 11 is 0. The van der Waals surface area contributed by atoms with Gasteiger partial charge in [0.25, 0.3) is 0 Å². The van der Waals surface area contributed by atoms with Gasteiger partial charge >= 0.3 is 23.9 Å². The standard InChI is InChI=1S/C13H22O4.C12H20O4/c1-7-11(2,3)10(15)17-13(6)8-9(14)16-12(13,4)5;1-6-11(2,3)10(14)15-8-7-9(13)16-12(8,4)5/h7-8H2,1-6H3;8H,6-7H2,1-5H3. The van der Waals surface area contributed by atoms with E-state index in [1.165, 1.54) is 0 Å². The molecule has 2 aliphatic heterocycles. The Morgan fingerprint density at radius 2 is 1.36 bits per heavy atom. The van der Waals surface area contributed by atoms with Crippen molar-refractivity contribution in [2.45, 2.75) is 125 Å². The maximum absolute atomic E-state index is 12.1. The van der Waals surface area contributed by atoms with Crippen LogP contribution in [0.2, 0.25) is 0 Å². The molecule has 2 saturated heterocycles. The molecular weight excluding hydrogens is 428 g/mol. The highest BCUT2D eigenvalue weighted by molar-refractivity contribution is 5.79. The van der Waals surface area contributed by atoms with E-state index in [-0.39, 0.29) is 36.7 Å². The maximum Gasteiger partial charge on any atom is 0.312 e. The van der Waals surface area contributed by atoms with Crippen molar-refractivity contribution in [1.29, 1.82) is 0 Å². The molecule has 190 valence electrons. The third-order valence-corrected chi connectivity index (χ3v) is 7.07. The molecule has 0 bridgehead atoms. The summed E-state index contributed by atoms with van der Waals surface area (Å²) in [6, 6.07) is 0. The first-order valence-electron chi connectivity index (χ1n) is 11.6. The van der Waals surface area contributed by atoms with Crippen molar-refractivity contribution < 1.29 is 38.1 Å². The van der Waals surface area contributed by atoms with E-state index in [1.54, 1.807) is 34.6 Å². The van der Waals surface area contributed by atoms with Crippen molar-refractivity contribution in [2.75, 3.05) is 0 Å². The van der Waals surface area contributed by atoms with Gasteiger partial charge in [-0.1, -0.05) is 13.8 Å². The van der Waals surface area contributed by atoms with Crippen LogP contribution in [0.15, 0.2) is 0 Å². The van der Waals surface area contributed by atoms with Crippen LogP contribution in [0.3, 0.4) is 0 Å². The summed E-state index contributed by atoms with van der Waals surface area (Å²) in [7, 11) is 0. The van der Waals surface area contributed by atoms with Crippen LogP contribution in [0.5, 0.6) is 0 Å². The molecule has 8 heteroatoms. The van der Waals surface area contributed by atoms with Crippen LogP contribution in [0.1, 0.15) is 102 Å². The van der Waals surface area contributed by atoms with Gasteiger partial charge in [0.1, 0.15) is 11.2 Å². The van der Waals surface area contributed by atoms with E-state index in [2.05, 4.69) is 0 Å². The molecule has 2 heterocycles. The highest BCUT2D eigenvalue weighted by Gasteiger charge is 2.55. The van der Waals surface area contributed by atoms with Crippen LogP contribution in [-0.2, 0) is 38.1 Å². The fourth-order valence-electron chi connectivity index (χ4n) is 2.98. The number of hydrogen-bond donors (Lipinski definition) is 0. The second-order valence-corrected chi connectivity index (χ2v) is 11.4. The van der Waals surface area contributed by atoms with Gasteiger partial charge in [-0.3, -0.25) is 19.2 Å². The van der Waals surface area contributed by atoms with E-state index in [4.69, 9.17) is 18.9 Å². The van der Waals surface area contributed by atoms with Gasteiger partial charge in [0, 0.05) is 0 Å². The van der Waals surface area contributed by atoms with E-state index in [1.807, 2.05) is 41.5 Å². The lowest BCUT2D eigenvalue weighted by atomic mass is 9.85. The summed E-state index contributed by atoms with van der Waals surface area (Å²) in [6.07, 6.45) is 1.19. The van der Waals surface area contributed by atoms with Gasteiger partial charge in [-0.25, -0.2) is 0 Å². The van der Waals surface area contributed by atoms with Gasteiger partial charge < -0.3 is 18.9 Å². The van der Waals surface area contributed by atoms with Crippen LogP contribution in [0.4, 0.5) is 0 Å². The zero-order chi connectivity index (χ0) is 26.0. The quantitative estimate of drug-likeness (QED) is 0.412. The van der Waals surface area contributed by atoms with Crippen LogP contribution < -0.4 is 0 Å². The summed E-state index contributed by atoms with van der Waals surface area (Å²) < 4.78 is 21.2. The largest absolute Gasteiger partial charge is 0.457 e. The van der Waals surface area contributed by atoms with Crippen LogP contribution in [0.25, 0.3) is 0 Å². The first kappa shape index (κ1) is 28.9. The molecule has 2 atom stereocenters. The fraction of sp³-hybridized carbons (Fsp3) is 0.840. The third kappa shape index (κ3) is 6.70. The summed E-state index contributed by atoms with van der Waals surface area (Å²) in [5.74, 6) is -1.18. The Hall–Kier alpha value is -2.12. The maximum atomic E-state index is 12.1. The Morgan fingerprint density at radius 1 is 0.879 bits per heavy atom. The van der Waals surface area contributed by atoms with Crippen molar-refractivity contribution >= 4 is 23.9 Å². The molecule has 0 saturated carbocycles. The molecule has 2 unspecified atom stereocenters. The second kappa shape index (κ2) is 9.63. The predicted octanol–water partition coefficient (Wildman–Crippen LogP) is 4.51. The Balaban J connectivity index is 0.000000331. The first-order chi connectivity index (χ1) is 14.7. The number of esters is 4. The summed E-state index contributed by atoms with van der Waals surface area (Å²) in [4.78, 5) is 46.4. The molecule has 0 aromatic heterocycles. The molecule has 0 aromatic rings. The minimum atomic E-state index is -0.881. The minimum absolute atomic E-state index is 0.117. The normalized spacial score (nSPS) is 26.0. The Kier molecular flexibility index (Phi) is 8.43. The molecule has 0 aromatic carbocycles. The molecule has 0 N–H and O–H groups in total. The average molecular weight is 471 g/mol. The Labute approximate surface area is 198 Å². The lowest BCUT2D eigenvalue weighted by Gasteiger charge is -2.36. The Bertz CT molecular complexity index is 777. The van der Waals surface area contributed by atoms with Crippen LogP contribution >= 0.6 is 0 Å². The van der Waals surface area contributed by atoms with Gasteiger partial charge in [-0.15, -0.1) is 0 Å². The average Bonchev–Trinajstić information content (AvgIpc) is 3.03. The number of carbonyl (C=O) groups is 4. The first-order valence-corrected chi connectivity index (χ1v) is 11.6. The zero-order valence-electron chi connectivity index (χ0n) is 22.2. The fourth-order valence-corrected chi connectivity index (χ4v) is 2.98. The Morgan fingerprint density at radius 3 is 1.73 bits per heavy atom. The zero-order valence-corrected chi connectivity index (χ0v) is 22.2. The molecule has 2 fully saturated rings. The van der Waals surface area contributed by atoms with Crippen LogP contribution in [-0.4, -0.2) is 46.8 Å². The van der Waals surface area contributed by atoms with Crippen molar-refractivity contribution in [3.8, 4) is 0 Å². The number of rotatable bonds is 6. The molecule has 33 heavy (non-hydrogen) atoms. The molecule has 2 rings (SSSR count). The molecule has 2 aliphatic rings. The van der Waals surface area contributed by atoms with Gasteiger partial charge in [0.15, 0.2) is 11.7 Å². The molecule has 0 radical (unpaired) electrons. The number of ether oxygens (including phenoxy) is 4. The molecule has 0 spiro atoms. The summed E-state index contributed by atoms with van der Waals surface area (Å²) in [5.41, 5.74) is -3.42. The van der Waals surface area contributed by atoms with Gasteiger partial charge in [0.2, 0.25) is 0 Å². The van der Waals surface area contributed by atoms with Crippen molar-refractivity contribution in [2.24, 2.45) is 10.8 Å². The van der Waals surface area contributed by atoms with Gasteiger partial charge in [-0.2, -0.15) is 0 Å². The van der Waals surface area contributed by atoms with E-state index in [0.717, 1.165) is 0 Å². The van der Waals surface area contributed by atoms with Crippen LogP contribution in [0, 0.1) is 10.8 Å².